The normalized spacial score (nSPS) is 15.7. The number of sulfonamides is 1. The summed E-state index contributed by atoms with van der Waals surface area (Å²) in [5.41, 5.74) is 0. The van der Waals surface area contributed by atoms with Gasteiger partial charge in [0.15, 0.2) is 0 Å². The van der Waals surface area contributed by atoms with Crippen molar-refractivity contribution in [2.24, 2.45) is 0 Å². The Balaban J connectivity index is 4.16. The molecule has 0 aliphatic rings. The highest BCUT2D eigenvalue weighted by Crippen LogP contribution is 1.96. The van der Waals surface area contributed by atoms with Gasteiger partial charge >= 0.3 is 0 Å². The van der Waals surface area contributed by atoms with E-state index in [0.717, 1.165) is 4.31 Å². The fourth-order valence-electron chi connectivity index (χ4n) is 0.454. The molecule has 1 atom stereocenters. The van der Waals surface area contributed by atoms with Gasteiger partial charge in [-0.05, 0) is 6.92 Å². The zero-order valence-corrected chi connectivity index (χ0v) is 7.22. The molecule has 1 N–H and O–H groups in total. The Bertz CT molecular complexity index is 183. The molecule has 0 aliphatic heterocycles. The van der Waals surface area contributed by atoms with E-state index in [1.807, 2.05) is 0 Å². The number of nitrogens with zero attached hydrogens (tertiary/aromatic N) is 1. The second-order valence-electron chi connectivity index (χ2n) is 2.41. The van der Waals surface area contributed by atoms with Gasteiger partial charge in [0.05, 0.1) is 11.9 Å². The van der Waals surface area contributed by atoms with E-state index in [1.165, 1.54) is 21.0 Å². The van der Waals surface area contributed by atoms with Crippen LogP contribution in [0.25, 0.3) is 0 Å². The van der Waals surface area contributed by atoms with Crippen LogP contribution in [0.3, 0.4) is 0 Å². The van der Waals surface area contributed by atoms with Crippen LogP contribution in [-0.2, 0) is 10.0 Å². The standard InChI is InChI=1S/C5H13NO3S/c1-5(7)4-10(8,9)6(2)3/h5,7H,4H2,1-3H3/t5-/m1/s1. The third-order valence-corrected chi connectivity index (χ3v) is 3.02. The lowest BCUT2D eigenvalue weighted by Crippen LogP contribution is -2.29. The van der Waals surface area contributed by atoms with E-state index in [0.29, 0.717) is 0 Å². The molecule has 0 aromatic rings. The molecule has 0 heterocycles. The summed E-state index contributed by atoms with van der Waals surface area (Å²) < 4.78 is 22.9. The van der Waals surface area contributed by atoms with Crippen molar-refractivity contribution in [1.29, 1.82) is 0 Å². The van der Waals surface area contributed by atoms with Crippen molar-refractivity contribution >= 4 is 10.0 Å². The lowest BCUT2D eigenvalue weighted by molar-refractivity contribution is 0.216. The molecule has 62 valence electrons. The second kappa shape index (κ2) is 3.32. The summed E-state index contributed by atoms with van der Waals surface area (Å²) in [6.45, 7) is 1.45. The molecule has 5 heteroatoms. The first kappa shape index (κ1) is 9.87. The summed E-state index contributed by atoms with van der Waals surface area (Å²) in [6.07, 6.45) is -0.799. The van der Waals surface area contributed by atoms with Crippen LogP contribution >= 0.6 is 0 Å². The molecule has 10 heavy (non-hydrogen) atoms. The van der Waals surface area contributed by atoms with Crippen molar-refractivity contribution in [3.8, 4) is 0 Å². The van der Waals surface area contributed by atoms with E-state index in [4.69, 9.17) is 5.11 Å². The van der Waals surface area contributed by atoms with Crippen molar-refractivity contribution in [1.82, 2.24) is 4.31 Å². The van der Waals surface area contributed by atoms with E-state index in [2.05, 4.69) is 0 Å². The van der Waals surface area contributed by atoms with Crippen molar-refractivity contribution < 1.29 is 13.5 Å². The van der Waals surface area contributed by atoms with Crippen LogP contribution in [0, 0.1) is 0 Å². The number of aliphatic hydroxyl groups is 1. The van der Waals surface area contributed by atoms with Crippen LogP contribution in [0.1, 0.15) is 6.92 Å². The zero-order valence-electron chi connectivity index (χ0n) is 6.40. The third kappa shape index (κ3) is 3.14. The lowest BCUT2D eigenvalue weighted by atomic mass is 10.5. The van der Waals surface area contributed by atoms with Crippen LogP contribution in [0.15, 0.2) is 0 Å². The summed E-state index contributed by atoms with van der Waals surface area (Å²) >= 11 is 0. The van der Waals surface area contributed by atoms with Gasteiger partial charge in [0, 0.05) is 14.1 Å². The molecule has 0 radical (unpaired) electrons. The molecule has 0 fully saturated rings. The van der Waals surface area contributed by atoms with Crippen LogP contribution in [0.2, 0.25) is 0 Å². The molecule has 0 aromatic heterocycles. The number of aliphatic hydroxyl groups excluding tert-OH is 1. The SMILES string of the molecule is C[C@@H](O)CS(=O)(=O)N(C)C. The van der Waals surface area contributed by atoms with Gasteiger partial charge in [-0.1, -0.05) is 0 Å². The fraction of sp³-hybridized carbons (Fsp3) is 1.00. The van der Waals surface area contributed by atoms with Gasteiger partial charge in [0.1, 0.15) is 0 Å². The van der Waals surface area contributed by atoms with Gasteiger partial charge < -0.3 is 5.11 Å². The molecule has 0 saturated heterocycles. The highest BCUT2D eigenvalue weighted by atomic mass is 32.2. The first-order valence-electron chi connectivity index (χ1n) is 2.94. The molecule has 0 rings (SSSR count). The van der Waals surface area contributed by atoms with Gasteiger partial charge in [0.2, 0.25) is 10.0 Å². The summed E-state index contributed by atoms with van der Waals surface area (Å²) in [5, 5.41) is 8.73. The monoisotopic (exact) mass is 167 g/mol. The van der Waals surface area contributed by atoms with Crippen LogP contribution in [-0.4, -0.2) is 43.8 Å². The van der Waals surface area contributed by atoms with E-state index in [9.17, 15) is 8.42 Å². The topological polar surface area (TPSA) is 57.6 Å². The fourth-order valence-corrected chi connectivity index (χ4v) is 1.36. The zero-order chi connectivity index (χ0) is 8.36. The van der Waals surface area contributed by atoms with Crippen molar-refractivity contribution in [3.63, 3.8) is 0 Å². The highest BCUT2D eigenvalue weighted by Gasteiger charge is 2.15. The van der Waals surface area contributed by atoms with E-state index in [-0.39, 0.29) is 5.75 Å². The summed E-state index contributed by atoms with van der Waals surface area (Å²) in [6, 6.07) is 0. The Kier molecular flexibility index (Phi) is 3.27. The minimum atomic E-state index is -3.21. The third-order valence-electron chi connectivity index (χ3n) is 1.01. The second-order valence-corrected chi connectivity index (χ2v) is 4.64. The molecular formula is C5H13NO3S. The Hall–Kier alpha value is -0.130. The first-order chi connectivity index (χ1) is 4.36. The highest BCUT2D eigenvalue weighted by molar-refractivity contribution is 7.89. The van der Waals surface area contributed by atoms with Crippen LogP contribution in [0.5, 0.6) is 0 Å². The molecule has 0 aliphatic carbocycles. The Morgan fingerprint density at radius 3 is 2.00 bits per heavy atom. The number of hydrogen-bond donors (Lipinski definition) is 1. The molecule has 0 saturated carbocycles. The summed E-state index contributed by atoms with van der Waals surface area (Å²) in [5.74, 6) is -0.208. The number of rotatable bonds is 3. The Labute approximate surface area is 61.5 Å². The quantitative estimate of drug-likeness (QED) is 0.602. The summed E-state index contributed by atoms with van der Waals surface area (Å²) in [7, 11) is -0.330. The average molecular weight is 167 g/mol. The van der Waals surface area contributed by atoms with Crippen molar-refractivity contribution in [2.45, 2.75) is 13.0 Å². The number of hydrogen-bond acceptors (Lipinski definition) is 3. The largest absolute Gasteiger partial charge is 0.392 e. The molecule has 0 spiro atoms. The predicted octanol–water partition coefficient (Wildman–Crippen LogP) is -0.741. The molecule has 0 aromatic carbocycles. The van der Waals surface area contributed by atoms with Crippen LogP contribution in [0.4, 0.5) is 0 Å². The van der Waals surface area contributed by atoms with Gasteiger partial charge in [-0.25, -0.2) is 12.7 Å². The van der Waals surface area contributed by atoms with Crippen LogP contribution < -0.4 is 0 Å². The predicted molar refractivity (Wildman–Crippen MR) is 39.2 cm³/mol. The molecule has 0 unspecified atom stereocenters. The maximum absolute atomic E-state index is 10.9. The van der Waals surface area contributed by atoms with Crippen molar-refractivity contribution in [2.75, 3.05) is 19.8 Å². The lowest BCUT2D eigenvalue weighted by Gasteiger charge is -2.11. The van der Waals surface area contributed by atoms with E-state index >= 15 is 0 Å². The molecule has 4 nitrogen and oxygen atoms in total. The van der Waals surface area contributed by atoms with E-state index < -0.39 is 16.1 Å². The summed E-state index contributed by atoms with van der Waals surface area (Å²) in [4.78, 5) is 0. The smallest absolute Gasteiger partial charge is 0.216 e. The van der Waals surface area contributed by atoms with E-state index in [1.54, 1.807) is 0 Å². The first-order valence-corrected chi connectivity index (χ1v) is 4.55. The van der Waals surface area contributed by atoms with Gasteiger partial charge in [-0.2, -0.15) is 0 Å². The van der Waals surface area contributed by atoms with Gasteiger partial charge in [-0.3, -0.25) is 0 Å². The van der Waals surface area contributed by atoms with Gasteiger partial charge in [-0.15, -0.1) is 0 Å². The average Bonchev–Trinajstić information content (AvgIpc) is 1.60. The van der Waals surface area contributed by atoms with Crippen molar-refractivity contribution in [3.05, 3.63) is 0 Å². The molecular weight excluding hydrogens is 154 g/mol. The van der Waals surface area contributed by atoms with Gasteiger partial charge in [0.25, 0.3) is 0 Å². The minimum absolute atomic E-state index is 0.208. The maximum atomic E-state index is 10.9. The molecule has 0 bridgehead atoms. The Morgan fingerprint density at radius 2 is 1.90 bits per heavy atom. The molecule has 0 amide bonds. The Morgan fingerprint density at radius 1 is 1.50 bits per heavy atom. The minimum Gasteiger partial charge on any atom is -0.392 e. The maximum Gasteiger partial charge on any atom is 0.216 e.